The van der Waals surface area contributed by atoms with Gasteiger partial charge in [0.25, 0.3) is 0 Å². The number of nitrogens with zero attached hydrogens (tertiary/aromatic N) is 2. The number of ether oxygens (including phenoxy) is 1. The van der Waals surface area contributed by atoms with E-state index in [-0.39, 0.29) is 0 Å². The molecule has 0 aromatic carbocycles. The maximum Gasteiger partial charge on any atom is 0.145 e. The van der Waals surface area contributed by atoms with Crippen molar-refractivity contribution in [2.24, 2.45) is 0 Å². The van der Waals surface area contributed by atoms with Crippen LogP contribution in [0.25, 0.3) is 22.3 Å². The number of rotatable bonds is 3. The van der Waals surface area contributed by atoms with Gasteiger partial charge in [0, 0.05) is 35.3 Å². The van der Waals surface area contributed by atoms with Crippen LogP contribution in [0.4, 0.5) is 5.82 Å². The summed E-state index contributed by atoms with van der Waals surface area (Å²) >= 11 is 0. The highest BCUT2D eigenvalue weighted by Crippen LogP contribution is 2.35. The summed E-state index contributed by atoms with van der Waals surface area (Å²) < 4.78 is 5.47. The van der Waals surface area contributed by atoms with Crippen molar-refractivity contribution in [2.75, 3.05) is 25.9 Å². The number of aromatic nitrogens is 3. The van der Waals surface area contributed by atoms with E-state index in [9.17, 15) is 0 Å². The van der Waals surface area contributed by atoms with Crippen LogP contribution in [0, 0.1) is 0 Å². The highest BCUT2D eigenvalue weighted by molar-refractivity contribution is 5.94. The number of nitrogens with one attached hydrogen (secondary N) is 2. The minimum absolute atomic E-state index is 0.475. The molecular weight excluding hydrogens is 302 g/mol. The number of fused-ring (bicyclic) bond motifs is 1. The predicted molar refractivity (Wildman–Crippen MR) is 95.1 cm³/mol. The van der Waals surface area contributed by atoms with Crippen molar-refractivity contribution in [1.82, 2.24) is 20.3 Å². The Balaban J connectivity index is 1.84. The lowest BCUT2D eigenvalue weighted by Crippen LogP contribution is -2.28. The SMILES string of the molecule is COc1ccc(N)nc1-c1ccnc2[nH]c([C@@H]3CCCNC3)cc12. The van der Waals surface area contributed by atoms with Gasteiger partial charge in [-0.1, -0.05) is 0 Å². The molecule has 0 amide bonds. The van der Waals surface area contributed by atoms with Gasteiger partial charge in [-0.3, -0.25) is 0 Å². The Morgan fingerprint density at radius 2 is 2.21 bits per heavy atom. The lowest BCUT2D eigenvalue weighted by Gasteiger charge is -2.21. The van der Waals surface area contributed by atoms with E-state index in [4.69, 9.17) is 10.5 Å². The Hall–Kier alpha value is -2.60. The highest BCUT2D eigenvalue weighted by atomic mass is 16.5. The van der Waals surface area contributed by atoms with Crippen molar-refractivity contribution in [3.05, 3.63) is 36.2 Å². The molecule has 24 heavy (non-hydrogen) atoms. The zero-order chi connectivity index (χ0) is 16.5. The van der Waals surface area contributed by atoms with E-state index >= 15 is 0 Å². The number of piperidine rings is 1. The fourth-order valence-electron chi connectivity index (χ4n) is 3.41. The molecule has 4 heterocycles. The molecule has 0 bridgehead atoms. The van der Waals surface area contributed by atoms with E-state index in [1.165, 1.54) is 18.5 Å². The maximum absolute atomic E-state index is 5.89. The van der Waals surface area contributed by atoms with Crippen LogP contribution >= 0.6 is 0 Å². The molecule has 124 valence electrons. The molecule has 6 nitrogen and oxygen atoms in total. The molecule has 4 N–H and O–H groups in total. The molecule has 0 aliphatic carbocycles. The van der Waals surface area contributed by atoms with E-state index in [0.29, 0.717) is 17.5 Å². The Labute approximate surface area is 140 Å². The van der Waals surface area contributed by atoms with Crippen molar-refractivity contribution in [3.63, 3.8) is 0 Å². The van der Waals surface area contributed by atoms with Crippen molar-refractivity contribution in [1.29, 1.82) is 0 Å². The number of hydrogen-bond acceptors (Lipinski definition) is 5. The Bertz CT molecular complexity index is 867. The van der Waals surface area contributed by atoms with Crippen molar-refractivity contribution < 1.29 is 4.74 Å². The number of anilines is 1. The number of methoxy groups -OCH3 is 1. The number of pyridine rings is 2. The first kappa shape index (κ1) is 15.0. The molecule has 6 heteroatoms. The second-order valence-corrected chi connectivity index (χ2v) is 6.18. The fraction of sp³-hybridized carbons (Fsp3) is 0.333. The first-order chi connectivity index (χ1) is 11.8. The van der Waals surface area contributed by atoms with E-state index in [1.807, 2.05) is 12.1 Å². The average Bonchev–Trinajstić information content (AvgIpc) is 3.06. The normalized spacial score (nSPS) is 18.0. The zero-order valence-electron chi connectivity index (χ0n) is 13.7. The Morgan fingerprint density at radius 3 is 3.00 bits per heavy atom. The first-order valence-electron chi connectivity index (χ1n) is 8.25. The van der Waals surface area contributed by atoms with Crippen molar-refractivity contribution >= 4 is 16.9 Å². The molecule has 1 fully saturated rings. The number of hydrogen-bond donors (Lipinski definition) is 3. The van der Waals surface area contributed by atoms with Gasteiger partial charge in [0.15, 0.2) is 0 Å². The molecule has 0 spiro atoms. The minimum Gasteiger partial charge on any atom is -0.494 e. The summed E-state index contributed by atoms with van der Waals surface area (Å²) in [7, 11) is 1.64. The summed E-state index contributed by atoms with van der Waals surface area (Å²) in [5.41, 5.74) is 9.71. The molecule has 3 aromatic heterocycles. The molecule has 0 radical (unpaired) electrons. The summed E-state index contributed by atoms with van der Waals surface area (Å²) in [6.07, 6.45) is 4.18. The van der Waals surface area contributed by atoms with Gasteiger partial charge >= 0.3 is 0 Å². The van der Waals surface area contributed by atoms with Crippen molar-refractivity contribution in [3.8, 4) is 17.0 Å². The minimum atomic E-state index is 0.475. The van der Waals surface area contributed by atoms with E-state index in [0.717, 1.165) is 35.4 Å². The lowest BCUT2D eigenvalue weighted by molar-refractivity contribution is 0.415. The summed E-state index contributed by atoms with van der Waals surface area (Å²) in [4.78, 5) is 12.4. The van der Waals surface area contributed by atoms with Gasteiger partial charge in [-0.05, 0) is 43.7 Å². The maximum atomic E-state index is 5.89. The molecule has 1 aliphatic rings. The monoisotopic (exact) mass is 323 g/mol. The largest absolute Gasteiger partial charge is 0.494 e. The van der Waals surface area contributed by atoms with Gasteiger partial charge in [-0.25, -0.2) is 9.97 Å². The third-order valence-corrected chi connectivity index (χ3v) is 4.64. The smallest absolute Gasteiger partial charge is 0.145 e. The van der Waals surface area contributed by atoms with Gasteiger partial charge in [0.1, 0.15) is 22.9 Å². The predicted octanol–water partition coefficient (Wildman–Crippen LogP) is 2.68. The van der Waals surface area contributed by atoms with Crippen LogP contribution in [0.5, 0.6) is 5.75 Å². The van der Waals surface area contributed by atoms with Crippen LogP contribution < -0.4 is 15.8 Å². The molecule has 1 atom stereocenters. The fourth-order valence-corrected chi connectivity index (χ4v) is 3.41. The molecule has 0 unspecified atom stereocenters. The van der Waals surface area contributed by atoms with Crippen LogP contribution in [-0.4, -0.2) is 35.2 Å². The number of nitrogen functional groups attached to an aromatic ring is 1. The Kier molecular flexibility index (Phi) is 3.82. The molecule has 1 saturated heterocycles. The number of H-pyrrole nitrogens is 1. The third kappa shape index (κ3) is 2.59. The van der Waals surface area contributed by atoms with Crippen LogP contribution in [0.3, 0.4) is 0 Å². The molecule has 4 rings (SSSR count). The van der Waals surface area contributed by atoms with Crippen LogP contribution in [0.1, 0.15) is 24.5 Å². The summed E-state index contributed by atoms with van der Waals surface area (Å²) in [5.74, 6) is 1.68. The quantitative estimate of drug-likeness (QED) is 0.689. The van der Waals surface area contributed by atoms with E-state index < -0.39 is 0 Å². The average molecular weight is 323 g/mol. The topological polar surface area (TPSA) is 88.8 Å². The van der Waals surface area contributed by atoms with Crippen LogP contribution in [-0.2, 0) is 0 Å². The lowest BCUT2D eigenvalue weighted by atomic mass is 9.96. The number of nitrogens with two attached hydrogens (primary N) is 1. The second kappa shape index (κ2) is 6.13. The third-order valence-electron chi connectivity index (χ3n) is 4.64. The van der Waals surface area contributed by atoms with Gasteiger partial charge < -0.3 is 20.8 Å². The highest BCUT2D eigenvalue weighted by Gasteiger charge is 2.20. The van der Waals surface area contributed by atoms with E-state index in [2.05, 4.69) is 26.3 Å². The standard InChI is InChI=1S/C18H21N5O/c1-24-15-4-5-16(19)23-17(15)12-6-8-21-18-13(12)9-14(22-18)11-3-2-7-20-10-11/h4-6,8-9,11,20H,2-3,7,10H2,1H3,(H2,19,23)(H,21,22)/t11-/m1/s1. The number of aromatic amines is 1. The zero-order valence-corrected chi connectivity index (χ0v) is 13.7. The second-order valence-electron chi connectivity index (χ2n) is 6.18. The van der Waals surface area contributed by atoms with Gasteiger partial charge in [-0.2, -0.15) is 0 Å². The summed E-state index contributed by atoms with van der Waals surface area (Å²) in [6, 6.07) is 7.75. The van der Waals surface area contributed by atoms with Crippen LogP contribution in [0.2, 0.25) is 0 Å². The molecular formula is C18H21N5O. The van der Waals surface area contributed by atoms with Gasteiger partial charge in [-0.15, -0.1) is 0 Å². The summed E-state index contributed by atoms with van der Waals surface area (Å²) in [6.45, 7) is 2.10. The van der Waals surface area contributed by atoms with Crippen LogP contribution in [0.15, 0.2) is 30.5 Å². The molecule has 1 aliphatic heterocycles. The first-order valence-corrected chi connectivity index (χ1v) is 8.25. The van der Waals surface area contributed by atoms with E-state index in [1.54, 1.807) is 19.4 Å². The Morgan fingerprint density at radius 1 is 1.29 bits per heavy atom. The van der Waals surface area contributed by atoms with Gasteiger partial charge in [0.2, 0.25) is 0 Å². The summed E-state index contributed by atoms with van der Waals surface area (Å²) in [5, 5.41) is 4.51. The van der Waals surface area contributed by atoms with Crippen molar-refractivity contribution in [2.45, 2.75) is 18.8 Å². The molecule has 3 aromatic rings. The van der Waals surface area contributed by atoms with Gasteiger partial charge in [0.05, 0.1) is 7.11 Å². The molecule has 0 saturated carbocycles.